The smallest absolute Gasteiger partial charge is 0.240 e. The predicted molar refractivity (Wildman–Crippen MR) is 64.2 cm³/mol. The van der Waals surface area contributed by atoms with Gasteiger partial charge in [-0.2, -0.15) is 0 Å². The summed E-state index contributed by atoms with van der Waals surface area (Å²) in [5, 5.41) is 2.65. The lowest BCUT2D eigenvalue weighted by Gasteiger charge is -2.06. The molecule has 0 bridgehead atoms. The van der Waals surface area contributed by atoms with Crippen LogP contribution in [0.1, 0.15) is 5.56 Å². The maximum absolute atomic E-state index is 11.8. The molecular weight excluding hydrogens is 240 g/mol. The van der Waals surface area contributed by atoms with Crippen molar-refractivity contribution in [2.75, 3.05) is 11.9 Å². The molecule has 0 spiro atoms. The molecule has 0 fully saturated rings. The summed E-state index contributed by atoms with van der Waals surface area (Å²) in [7, 11) is -3.52. The molecule has 0 aliphatic carbocycles. The molecule has 1 amide bonds. The highest BCUT2D eigenvalue weighted by atomic mass is 32.2. The maximum atomic E-state index is 11.8. The zero-order chi connectivity index (χ0) is 12.5. The number of carbonyl (C=O) groups is 1. The molecular formula is C11H12N2O3S. The first kappa shape index (κ1) is 11.8. The molecule has 1 aromatic rings. The van der Waals surface area contributed by atoms with E-state index in [1.165, 1.54) is 18.2 Å². The SMILES string of the molecule is C=CCNS(=O)(=O)c1ccc2c(c1)CC(=O)N2. The quantitative estimate of drug-likeness (QED) is 0.772. The van der Waals surface area contributed by atoms with Gasteiger partial charge in [-0.05, 0) is 23.8 Å². The number of nitrogens with one attached hydrogen (secondary N) is 2. The van der Waals surface area contributed by atoms with Gasteiger partial charge in [0.05, 0.1) is 11.3 Å². The minimum absolute atomic E-state index is 0.117. The molecule has 2 N–H and O–H groups in total. The Labute approximate surface area is 99.6 Å². The maximum Gasteiger partial charge on any atom is 0.240 e. The molecule has 0 atom stereocenters. The third-order valence-electron chi connectivity index (χ3n) is 2.43. The Morgan fingerprint density at radius 1 is 1.47 bits per heavy atom. The number of sulfonamides is 1. The molecule has 0 radical (unpaired) electrons. The topological polar surface area (TPSA) is 75.3 Å². The van der Waals surface area contributed by atoms with Gasteiger partial charge >= 0.3 is 0 Å². The molecule has 0 unspecified atom stereocenters. The van der Waals surface area contributed by atoms with Crippen LogP contribution in [0.5, 0.6) is 0 Å². The molecule has 1 aliphatic heterocycles. The molecule has 0 saturated carbocycles. The Kier molecular flexibility index (Phi) is 2.99. The standard InChI is InChI=1S/C11H12N2O3S/c1-2-5-12-17(15,16)9-3-4-10-8(6-9)7-11(14)13-10/h2-4,6,12H,1,5,7H2,(H,13,14). The molecule has 1 aliphatic rings. The van der Waals surface area contributed by atoms with E-state index in [1.807, 2.05) is 0 Å². The second kappa shape index (κ2) is 4.31. The fourth-order valence-corrected chi connectivity index (χ4v) is 2.67. The average molecular weight is 252 g/mol. The lowest BCUT2D eigenvalue weighted by atomic mass is 10.2. The first-order valence-electron chi connectivity index (χ1n) is 5.06. The van der Waals surface area contributed by atoms with Crippen molar-refractivity contribution in [1.29, 1.82) is 0 Å². The summed E-state index contributed by atoms with van der Waals surface area (Å²) in [5.74, 6) is -0.117. The van der Waals surface area contributed by atoms with E-state index in [-0.39, 0.29) is 23.8 Å². The van der Waals surface area contributed by atoms with E-state index in [0.717, 1.165) is 0 Å². The van der Waals surface area contributed by atoms with Crippen LogP contribution in [-0.4, -0.2) is 20.9 Å². The molecule has 5 nitrogen and oxygen atoms in total. The summed E-state index contributed by atoms with van der Waals surface area (Å²) in [6, 6.07) is 4.58. The van der Waals surface area contributed by atoms with E-state index in [0.29, 0.717) is 11.3 Å². The molecule has 2 rings (SSSR count). The van der Waals surface area contributed by atoms with Gasteiger partial charge in [0.25, 0.3) is 0 Å². The number of benzene rings is 1. The summed E-state index contributed by atoms with van der Waals surface area (Å²) >= 11 is 0. The van der Waals surface area contributed by atoms with Crippen molar-refractivity contribution in [3.63, 3.8) is 0 Å². The Morgan fingerprint density at radius 2 is 2.24 bits per heavy atom. The van der Waals surface area contributed by atoms with Crippen molar-refractivity contribution in [2.45, 2.75) is 11.3 Å². The first-order valence-corrected chi connectivity index (χ1v) is 6.54. The van der Waals surface area contributed by atoms with Crippen molar-refractivity contribution >= 4 is 21.6 Å². The monoisotopic (exact) mass is 252 g/mol. The van der Waals surface area contributed by atoms with Gasteiger partial charge in [-0.25, -0.2) is 13.1 Å². The van der Waals surface area contributed by atoms with Crippen LogP contribution in [0.25, 0.3) is 0 Å². The fraction of sp³-hybridized carbons (Fsp3) is 0.182. The number of carbonyl (C=O) groups excluding carboxylic acids is 1. The van der Waals surface area contributed by atoms with E-state index < -0.39 is 10.0 Å². The number of fused-ring (bicyclic) bond motifs is 1. The Bertz CT molecular complexity index is 578. The summed E-state index contributed by atoms with van der Waals surface area (Å²) in [6.07, 6.45) is 1.69. The minimum atomic E-state index is -3.52. The van der Waals surface area contributed by atoms with Gasteiger partial charge in [0.15, 0.2) is 0 Å². The lowest BCUT2D eigenvalue weighted by molar-refractivity contribution is -0.115. The molecule has 6 heteroatoms. The number of hydrogen-bond acceptors (Lipinski definition) is 3. The second-order valence-corrected chi connectivity index (χ2v) is 5.45. The zero-order valence-electron chi connectivity index (χ0n) is 9.06. The van der Waals surface area contributed by atoms with E-state index in [9.17, 15) is 13.2 Å². The van der Waals surface area contributed by atoms with Crippen LogP contribution in [0.2, 0.25) is 0 Å². The third kappa shape index (κ3) is 2.37. The average Bonchev–Trinajstić information content (AvgIpc) is 2.65. The number of amides is 1. The van der Waals surface area contributed by atoms with Crippen LogP contribution in [0.15, 0.2) is 35.7 Å². The molecule has 1 aromatic carbocycles. The highest BCUT2D eigenvalue weighted by molar-refractivity contribution is 7.89. The van der Waals surface area contributed by atoms with Crippen LogP contribution in [0.4, 0.5) is 5.69 Å². The van der Waals surface area contributed by atoms with Crippen molar-refractivity contribution in [1.82, 2.24) is 4.72 Å². The summed E-state index contributed by atoms with van der Waals surface area (Å²) in [4.78, 5) is 11.3. The van der Waals surface area contributed by atoms with E-state index >= 15 is 0 Å². The first-order chi connectivity index (χ1) is 8.03. The molecule has 17 heavy (non-hydrogen) atoms. The van der Waals surface area contributed by atoms with Gasteiger partial charge in [0.2, 0.25) is 15.9 Å². The second-order valence-electron chi connectivity index (χ2n) is 3.68. The molecule has 0 aromatic heterocycles. The van der Waals surface area contributed by atoms with Crippen LogP contribution >= 0.6 is 0 Å². The highest BCUT2D eigenvalue weighted by Gasteiger charge is 2.21. The Morgan fingerprint density at radius 3 is 2.94 bits per heavy atom. The van der Waals surface area contributed by atoms with Gasteiger partial charge in [-0.1, -0.05) is 6.08 Å². The number of hydrogen-bond donors (Lipinski definition) is 2. The largest absolute Gasteiger partial charge is 0.326 e. The normalized spacial score (nSPS) is 14.2. The number of anilines is 1. The highest BCUT2D eigenvalue weighted by Crippen LogP contribution is 2.25. The predicted octanol–water partition coefficient (Wildman–Crippen LogP) is 0.646. The Balaban J connectivity index is 2.33. The van der Waals surface area contributed by atoms with E-state index in [2.05, 4.69) is 16.6 Å². The Hall–Kier alpha value is -1.66. The van der Waals surface area contributed by atoms with Crippen molar-refractivity contribution in [3.05, 3.63) is 36.4 Å². The van der Waals surface area contributed by atoms with Crippen LogP contribution in [-0.2, 0) is 21.2 Å². The summed E-state index contributed by atoms with van der Waals surface area (Å²) in [6.45, 7) is 3.62. The molecule has 90 valence electrons. The van der Waals surface area contributed by atoms with Crippen molar-refractivity contribution in [2.24, 2.45) is 0 Å². The third-order valence-corrected chi connectivity index (χ3v) is 3.85. The lowest BCUT2D eigenvalue weighted by Crippen LogP contribution is -2.23. The van der Waals surface area contributed by atoms with Crippen LogP contribution in [0, 0.1) is 0 Å². The van der Waals surface area contributed by atoms with Crippen molar-refractivity contribution in [3.8, 4) is 0 Å². The minimum Gasteiger partial charge on any atom is -0.326 e. The van der Waals surface area contributed by atoms with Gasteiger partial charge < -0.3 is 5.32 Å². The zero-order valence-corrected chi connectivity index (χ0v) is 9.88. The van der Waals surface area contributed by atoms with Gasteiger partial charge in [-0.15, -0.1) is 6.58 Å². The number of rotatable bonds is 4. The van der Waals surface area contributed by atoms with Crippen molar-refractivity contribution < 1.29 is 13.2 Å². The summed E-state index contributed by atoms with van der Waals surface area (Å²) < 4.78 is 26.0. The summed E-state index contributed by atoms with van der Waals surface area (Å²) in [5.41, 5.74) is 1.38. The van der Waals surface area contributed by atoms with Crippen LogP contribution in [0.3, 0.4) is 0 Å². The van der Waals surface area contributed by atoms with Gasteiger partial charge in [-0.3, -0.25) is 4.79 Å². The van der Waals surface area contributed by atoms with E-state index in [4.69, 9.17) is 0 Å². The molecule has 0 saturated heterocycles. The fourth-order valence-electron chi connectivity index (χ4n) is 1.62. The van der Waals surface area contributed by atoms with Gasteiger partial charge in [0.1, 0.15) is 0 Å². The van der Waals surface area contributed by atoms with E-state index in [1.54, 1.807) is 6.07 Å². The molecule has 1 heterocycles. The van der Waals surface area contributed by atoms with Gasteiger partial charge in [0, 0.05) is 12.2 Å². The van der Waals surface area contributed by atoms with Crippen LogP contribution < -0.4 is 10.0 Å².